The van der Waals surface area contributed by atoms with Crippen LogP contribution in [0.4, 0.5) is 0 Å². The molecular weight excluding hydrogens is 887 g/mol. The number of methoxy groups -OCH3 is 1. The molecule has 1 unspecified atom stereocenters. The van der Waals surface area contributed by atoms with Crippen LogP contribution in [-0.4, -0.2) is 117 Å². The van der Waals surface area contributed by atoms with Crippen LogP contribution in [0.15, 0.2) is 66.4 Å². The number of ether oxygens (including phenoxy) is 2. The zero-order chi connectivity index (χ0) is 47.7. The van der Waals surface area contributed by atoms with Crippen molar-refractivity contribution >= 4 is 40.0 Å². The first-order valence-corrected chi connectivity index (χ1v) is 26.3. The molecule has 4 aliphatic heterocycles. The van der Waals surface area contributed by atoms with Gasteiger partial charge < -0.3 is 19.4 Å². The van der Waals surface area contributed by atoms with Gasteiger partial charge in [-0.15, -0.1) is 11.3 Å². The normalized spacial score (nSPS) is 27.7. The molecular formula is C54H67N9O5S. The fourth-order valence-corrected chi connectivity index (χ4v) is 12.9. The highest BCUT2D eigenvalue weighted by molar-refractivity contribution is 7.10. The van der Waals surface area contributed by atoms with Gasteiger partial charge >= 0.3 is 5.97 Å². The molecule has 5 fully saturated rings. The Balaban J connectivity index is 1.06. The minimum atomic E-state index is -0.958. The number of hydrazine groups is 1. The number of pyridine rings is 2. The fourth-order valence-electron chi connectivity index (χ4n) is 11.9. The number of carbonyl (C=O) groups excluding carboxylic acids is 3. The number of nitrogens with zero attached hydrogens (tertiary/aromatic N) is 7. The number of amides is 2. The summed E-state index contributed by atoms with van der Waals surface area (Å²) in [4.78, 5) is 63.5. The molecule has 5 aromatic rings. The predicted octanol–water partition coefficient (Wildman–Crippen LogP) is 7.88. The molecule has 1 aromatic carbocycles. The van der Waals surface area contributed by atoms with Crippen molar-refractivity contribution in [3.8, 4) is 22.5 Å². The van der Waals surface area contributed by atoms with E-state index in [2.05, 4.69) is 106 Å². The van der Waals surface area contributed by atoms with Gasteiger partial charge in [-0.1, -0.05) is 33.8 Å². The van der Waals surface area contributed by atoms with E-state index in [1.807, 2.05) is 24.7 Å². The van der Waals surface area contributed by atoms with Crippen molar-refractivity contribution in [2.45, 2.75) is 122 Å². The quantitative estimate of drug-likeness (QED) is 0.139. The Bertz CT molecular complexity index is 2710. The van der Waals surface area contributed by atoms with Gasteiger partial charge in [0.25, 0.3) is 5.91 Å². The summed E-state index contributed by atoms with van der Waals surface area (Å²) >= 11 is 1.55. The summed E-state index contributed by atoms with van der Waals surface area (Å²) in [6, 6.07) is 13.9. The van der Waals surface area contributed by atoms with Crippen LogP contribution in [0.5, 0.6) is 0 Å². The summed E-state index contributed by atoms with van der Waals surface area (Å²) in [6.45, 7) is 14.6. The van der Waals surface area contributed by atoms with Crippen LogP contribution in [0.25, 0.3) is 33.4 Å². The maximum atomic E-state index is 15.3. The van der Waals surface area contributed by atoms with Crippen LogP contribution in [0.1, 0.15) is 119 Å². The Kier molecular flexibility index (Phi) is 12.5. The molecule has 15 heteroatoms. The molecule has 2 saturated carbocycles. The van der Waals surface area contributed by atoms with Gasteiger partial charge in [0.1, 0.15) is 17.1 Å². The van der Waals surface area contributed by atoms with Gasteiger partial charge in [0, 0.05) is 90.1 Å². The molecule has 0 radical (unpaired) electrons. The first-order valence-electron chi connectivity index (χ1n) is 25.4. The van der Waals surface area contributed by atoms with E-state index in [1.54, 1.807) is 23.5 Å². The van der Waals surface area contributed by atoms with Crippen molar-refractivity contribution in [2.75, 3.05) is 46.4 Å². The SMILES string of the molecule is CO[C@@H](C)c1ncccc1-c1c2c3cc(ccc3n1C1CN(C3CC3)C1)-c1csc(n1)[C@@H](N1CCC(c3ccncc3)CC1)[C@H](NC(=O)C1[C@@H](C)[C@H]1C)C(=O)N1CCC[C@H](N1)C(=O)OCC(C)(C)C2. The molecule has 364 valence electrons. The van der Waals surface area contributed by atoms with Crippen LogP contribution in [-0.2, 0) is 30.3 Å². The highest BCUT2D eigenvalue weighted by Crippen LogP contribution is 2.48. The Morgan fingerprint density at radius 2 is 1.72 bits per heavy atom. The molecule has 2 aliphatic carbocycles. The average Bonchev–Trinajstić information content (AvgIpc) is 4.20. The lowest BCUT2D eigenvalue weighted by Gasteiger charge is -2.42. The zero-order valence-electron chi connectivity index (χ0n) is 40.9. The number of fused-ring (bicyclic) bond motifs is 6. The predicted molar refractivity (Wildman–Crippen MR) is 266 cm³/mol. The van der Waals surface area contributed by atoms with E-state index in [0.717, 1.165) is 70.1 Å². The molecule has 7 atom stereocenters. The highest BCUT2D eigenvalue weighted by Gasteiger charge is 2.51. The Morgan fingerprint density at radius 1 is 0.957 bits per heavy atom. The number of nitrogens with one attached hydrogen (secondary N) is 2. The number of piperidine rings is 1. The molecule has 6 aliphatic rings. The van der Waals surface area contributed by atoms with Crippen LogP contribution >= 0.6 is 11.3 Å². The van der Waals surface area contributed by atoms with Gasteiger partial charge in [-0.25, -0.2) is 10.4 Å². The van der Waals surface area contributed by atoms with Crippen LogP contribution < -0.4 is 10.7 Å². The maximum Gasteiger partial charge on any atom is 0.324 e. The molecule has 2 amide bonds. The van der Waals surface area contributed by atoms with E-state index in [1.165, 1.54) is 24.0 Å². The first kappa shape index (κ1) is 46.3. The number of thiazole rings is 1. The lowest BCUT2D eigenvalue weighted by Crippen LogP contribution is -2.63. The smallest absolute Gasteiger partial charge is 0.324 e. The van der Waals surface area contributed by atoms with E-state index in [4.69, 9.17) is 19.4 Å². The number of cyclic esters (lactones) is 1. The second-order valence-electron chi connectivity index (χ2n) is 21.7. The third kappa shape index (κ3) is 8.91. The number of benzene rings is 1. The second kappa shape index (κ2) is 18.6. The summed E-state index contributed by atoms with van der Waals surface area (Å²) in [6.07, 6.45) is 11.4. The maximum absolute atomic E-state index is 15.3. The molecule has 3 saturated heterocycles. The van der Waals surface area contributed by atoms with Crippen molar-refractivity contribution in [1.82, 2.24) is 45.1 Å². The molecule has 69 heavy (non-hydrogen) atoms. The lowest BCUT2D eigenvalue weighted by atomic mass is 9.84. The number of hydrogen-bond donors (Lipinski definition) is 2. The lowest BCUT2D eigenvalue weighted by molar-refractivity contribution is -0.156. The monoisotopic (exact) mass is 953 g/mol. The molecule has 8 heterocycles. The zero-order valence-corrected chi connectivity index (χ0v) is 41.7. The van der Waals surface area contributed by atoms with Crippen LogP contribution in [0.3, 0.4) is 0 Å². The van der Waals surface area contributed by atoms with E-state index >= 15 is 4.79 Å². The van der Waals surface area contributed by atoms with Gasteiger partial charge in [0.15, 0.2) is 0 Å². The average molecular weight is 954 g/mol. The van der Waals surface area contributed by atoms with E-state index in [0.29, 0.717) is 50.9 Å². The molecule has 2 N–H and O–H groups in total. The van der Waals surface area contributed by atoms with Crippen molar-refractivity contribution < 1.29 is 23.9 Å². The molecule has 6 bridgehead atoms. The molecule has 14 nitrogen and oxygen atoms in total. The molecule has 11 rings (SSSR count). The summed E-state index contributed by atoms with van der Waals surface area (Å²) in [5, 5.41) is 8.94. The number of aromatic nitrogens is 4. The van der Waals surface area contributed by atoms with Crippen LogP contribution in [0.2, 0.25) is 0 Å². The summed E-state index contributed by atoms with van der Waals surface area (Å²) in [7, 11) is 1.74. The topological polar surface area (TPSA) is 147 Å². The number of rotatable bonds is 9. The third-order valence-electron chi connectivity index (χ3n) is 16.4. The minimum absolute atomic E-state index is 0.110. The van der Waals surface area contributed by atoms with Crippen molar-refractivity contribution in [3.05, 3.63) is 88.3 Å². The van der Waals surface area contributed by atoms with Gasteiger partial charge in [-0.3, -0.25) is 39.2 Å². The first-order chi connectivity index (χ1) is 33.4. The minimum Gasteiger partial charge on any atom is -0.464 e. The molecule has 4 aromatic heterocycles. The Morgan fingerprint density at radius 3 is 2.45 bits per heavy atom. The van der Waals surface area contributed by atoms with E-state index in [-0.39, 0.29) is 54.3 Å². The van der Waals surface area contributed by atoms with Crippen molar-refractivity contribution in [2.24, 2.45) is 23.2 Å². The van der Waals surface area contributed by atoms with E-state index < -0.39 is 23.5 Å². The Hall–Kier alpha value is -5.06. The highest BCUT2D eigenvalue weighted by atomic mass is 32.1. The fraction of sp³-hybridized carbons (Fsp3) is 0.556. The number of carbonyl (C=O) groups is 3. The van der Waals surface area contributed by atoms with Gasteiger partial charge in [0.05, 0.1) is 41.9 Å². The van der Waals surface area contributed by atoms with Gasteiger partial charge in [-0.05, 0) is 130 Å². The summed E-state index contributed by atoms with van der Waals surface area (Å²) in [5.41, 5.74) is 11.3. The van der Waals surface area contributed by atoms with Crippen LogP contribution in [0, 0.1) is 23.2 Å². The Labute approximate surface area is 409 Å². The van der Waals surface area contributed by atoms with Crippen molar-refractivity contribution in [3.63, 3.8) is 0 Å². The molecule has 0 spiro atoms. The third-order valence-corrected chi connectivity index (χ3v) is 17.3. The van der Waals surface area contributed by atoms with Gasteiger partial charge in [0.2, 0.25) is 5.91 Å². The summed E-state index contributed by atoms with van der Waals surface area (Å²) in [5.74, 6) is -0.140. The largest absolute Gasteiger partial charge is 0.464 e. The number of hydrogen-bond acceptors (Lipinski definition) is 12. The van der Waals surface area contributed by atoms with Crippen molar-refractivity contribution in [1.29, 1.82) is 0 Å². The van der Waals surface area contributed by atoms with E-state index in [9.17, 15) is 9.59 Å². The number of esters is 1. The second-order valence-corrected chi connectivity index (χ2v) is 22.6. The standard InChI is InChI=1S/C54H67N9O5S/c1-31-32(2)45(31)50(64)58-47-49(60-23-17-35(18-24-60)34-15-20-55-21-16-34)51-57-43(29-69-51)36-11-14-44-40(25-36)41(26-54(4,5)30-68-53(66)42-10-8-22-62(59-42)52(47)65)48(39-9-7-19-56-46(39)33(3)67-6)63(44)38-27-61(28-38)37-12-13-37/h7,9,11,14-16,19-21,25,29,31-33,35,37-38,42,45,47,49,59H,8,10,12-13,17-18,22-24,26-28,30H2,1-6H3,(H,58,64)/t31-,32+,33-,42-,45?,47-,49-/m0/s1. The summed E-state index contributed by atoms with van der Waals surface area (Å²) < 4.78 is 14.8. The number of likely N-dealkylation sites (tertiary alicyclic amines) is 2. The van der Waals surface area contributed by atoms with Gasteiger partial charge in [-0.2, -0.15) is 0 Å².